The highest BCUT2D eigenvalue weighted by molar-refractivity contribution is 5.74. The topological polar surface area (TPSA) is 70.4 Å². The molecule has 1 saturated heterocycles. The summed E-state index contributed by atoms with van der Waals surface area (Å²) < 4.78 is 41.2. The summed E-state index contributed by atoms with van der Waals surface area (Å²) in [4.78, 5) is 17.3. The molecule has 0 radical (unpaired) electrons. The van der Waals surface area contributed by atoms with E-state index in [1.54, 1.807) is 4.90 Å². The van der Waals surface area contributed by atoms with Crippen molar-refractivity contribution in [2.24, 2.45) is 7.05 Å². The summed E-state index contributed by atoms with van der Waals surface area (Å²) in [6, 6.07) is -0.388. The number of rotatable bonds is 4. The van der Waals surface area contributed by atoms with Crippen molar-refractivity contribution < 1.29 is 23.1 Å². The predicted molar refractivity (Wildman–Crippen MR) is 81.2 cm³/mol. The zero-order chi connectivity index (χ0) is 17.8. The molecular formula is C15H23F3N4O2. The number of aromatic nitrogens is 2. The highest BCUT2D eigenvalue weighted by Gasteiger charge is 2.57. The number of urea groups is 1. The van der Waals surface area contributed by atoms with Crippen molar-refractivity contribution in [1.29, 1.82) is 0 Å². The van der Waals surface area contributed by atoms with Crippen molar-refractivity contribution in [2.45, 2.75) is 43.9 Å². The summed E-state index contributed by atoms with van der Waals surface area (Å²) in [6.45, 7) is 0.918. The molecule has 1 fully saturated rings. The summed E-state index contributed by atoms with van der Waals surface area (Å²) in [6.07, 6.45) is 0.845. The van der Waals surface area contributed by atoms with Crippen LogP contribution in [-0.4, -0.2) is 51.4 Å². The van der Waals surface area contributed by atoms with Crippen molar-refractivity contribution in [3.63, 3.8) is 0 Å². The second-order valence-electron chi connectivity index (χ2n) is 6.10. The molecule has 0 spiro atoms. The van der Waals surface area contributed by atoms with Gasteiger partial charge in [0.15, 0.2) is 0 Å². The molecule has 6 nitrogen and oxygen atoms in total. The van der Waals surface area contributed by atoms with E-state index >= 15 is 0 Å². The molecule has 0 saturated carbocycles. The monoisotopic (exact) mass is 348 g/mol. The van der Waals surface area contributed by atoms with Crippen LogP contribution in [-0.2, 0) is 12.6 Å². The molecule has 1 aliphatic heterocycles. The van der Waals surface area contributed by atoms with E-state index < -0.39 is 24.0 Å². The van der Waals surface area contributed by atoms with Crippen molar-refractivity contribution in [1.82, 2.24) is 19.8 Å². The van der Waals surface area contributed by atoms with Crippen LogP contribution in [0.2, 0.25) is 0 Å². The maximum atomic E-state index is 13.4. The van der Waals surface area contributed by atoms with E-state index in [1.165, 1.54) is 19.4 Å². The van der Waals surface area contributed by atoms with Crippen LogP contribution in [0.15, 0.2) is 12.4 Å². The number of aryl methyl sites for hydroxylation is 1. The van der Waals surface area contributed by atoms with Crippen LogP contribution in [0.25, 0.3) is 0 Å². The molecule has 2 amide bonds. The van der Waals surface area contributed by atoms with Gasteiger partial charge in [-0.3, -0.25) is 0 Å². The van der Waals surface area contributed by atoms with Gasteiger partial charge in [-0.2, -0.15) is 13.2 Å². The van der Waals surface area contributed by atoms with Gasteiger partial charge in [0.1, 0.15) is 5.82 Å². The van der Waals surface area contributed by atoms with Gasteiger partial charge in [-0.05, 0) is 12.8 Å². The van der Waals surface area contributed by atoms with Gasteiger partial charge in [0, 0.05) is 45.5 Å². The molecule has 2 heterocycles. The van der Waals surface area contributed by atoms with Crippen molar-refractivity contribution in [2.75, 3.05) is 19.6 Å². The van der Waals surface area contributed by atoms with E-state index in [-0.39, 0.29) is 12.6 Å². The number of hydrogen-bond donors (Lipinski definition) is 2. The summed E-state index contributed by atoms with van der Waals surface area (Å²) in [5.41, 5.74) is -3.10. The molecule has 2 N–H and O–H groups in total. The Kier molecular flexibility index (Phi) is 5.74. The first-order valence-corrected chi connectivity index (χ1v) is 8.05. The molecule has 1 unspecified atom stereocenters. The standard InChI is InChI=1S/C15H23F3N4O2/c1-21-11-8-19-12(21)14(24,15(16,17)18)6-7-20-13(23)22-9-4-2-3-5-10-22/h8,11,24H,2-7,9-10H2,1H3,(H,20,23). The van der Waals surface area contributed by atoms with E-state index in [0.29, 0.717) is 13.1 Å². The minimum Gasteiger partial charge on any atom is -0.374 e. The fourth-order valence-electron chi connectivity index (χ4n) is 2.88. The summed E-state index contributed by atoms with van der Waals surface area (Å²) in [7, 11) is 1.38. The van der Waals surface area contributed by atoms with Crippen LogP contribution in [0.4, 0.5) is 18.0 Å². The number of hydrogen-bond acceptors (Lipinski definition) is 3. The van der Waals surface area contributed by atoms with Crippen LogP contribution >= 0.6 is 0 Å². The predicted octanol–water partition coefficient (Wildman–Crippen LogP) is 2.15. The molecular weight excluding hydrogens is 325 g/mol. The summed E-state index contributed by atoms with van der Waals surface area (Å²) >= 11 is 0. The van der Waals surface area contributed by atoms with E-state index in [4.69, 9.17) is 0 Å². The maximum Gasteiger partial charge on any atom is 0.424 e. The largest absolute Gasteiger partial charge is 0.424 e. The number of nitrogens with zero attached hydrogens (tertiary/aromatic N) is 3. The Bertz CT molecular complexity index is 553. The van der Waals surface area contributed by atoms with Crippen LogP contribution in [0.3, 0.4) is 0 Å². The Morgan fingerprint density at radius 2 is 1.92 bits per heavy atom. The Labute approximate surface area is 138 Å². The lowest BCUT2D eigenvalue weighted by Gasteiger charge is -2.30. The van der Waals surface area contributed by atoms with E-state index in [0.717, 1.165) is 30.3 Å². The zero-order valence-corrected chi connectivity index (χ0v) is 13.6. The van der Waals surface area contributed by atoms with Crippen LogP contribution in [0.5, 0.6) is 0 Å². The minimum atomic E-state index is -4.89. The fraction of sp³-hybridized carbons (Fsp3) is 0.733. The third kappa shape index (κ3) is 4.00. The fourth-order valence-corrected chi connectivity index (χ4v) is 2.88. The number of halogens is 3. The first-order valence-electron chi connectivity index (χ1n) is 8.05. The number of aliphatic hydroxyl groups is 1. The second kappa shape index (κ2) is 7.42. The van der Waals surface area contributed by atoms with E-state index in [9.17, 15) is 23.1 Å². The highest BCUT2D eigenvalue weighted by Crippen LogP contribution is 2.40. The van der Waals surface area contributed by atoms with E-state index in [2.05, 4.69) is 10.3 Å². The lowest BCUT2D eigenvalue weighted by Crippen LogP contribution is -2.48. The van der Waals surface area contributed by atoms with Gasteiger partial charge in [0.05, 0.1) is 0 Å². The van der Waals surface area contributed by atoms with Gasteiger partial charge < -0.3 is 19.9 Å². The number of amides is 2. The number of carbonyl (C=O) groups is 1. The minimum absolute atomic E-state index is 0.293. The molecule has 136 valence electrons. The van der Waals surface area contributed by atoms with Crippen molar-refractivity contribution in [3.8, 4) is 0 Å². The summed E-state index contributed by atoms with van der Waals surface area (Å²) in [5.74, 6) is -0.487. The first-order chi connectivity index (χ1) is 11.3. The van der Waals surface area contributed by atoms with Gasteiger partial charge in [-0.15, -0.1) is 0 Å². The maximum absolute atomic E-state index is 13.4. The molecule has 0 aromatic carbocycles. The Morgan fingerprint density at radius 3 is 2.42 bits per heavy atom. The lowest BCUT2D eigenvalue weighted by atomic mass is 9.97. The zero-order valence-electron chi connectivity index (χ0n) is 13.6. The van der Waals surface area contributed by atoms with Crippen LogP contribution < -0.4 is 5.32 Å². The number of alkyl halides is 3. The van der Waals surface area contributed by atoms with Crippen molar-refractivity contribution in [3.05, 3.63) is 18.2 Å². The normalized spacial score (nSPS) is 18.8. The average molecular weight is 348 g/mol. The van der Waals surface area contributed by atoms with Gasteiger partial charge in [-0.25, -0.2) is 9.78 Å². The van der Waals surface area contributed by atoms with Crippen LogP contribution in [0.1, 0.15) is 37.9 Å². The molecule has 0 bridgehead atoms. The molecule has 24 heavy (non-hydrogen) atoms. The van der Waals surface area contributed by atoms with Gasteiger partial charge in [0.25, 0.3) is 0 Å². The molecule has 1 aliphatic rings. The molecule has 0 aliphatic carbocycles. The Hall–Kier alpha value is -1.77. The second-order valence-corrected chi connectivity index (χ2v) is 6.10. The van der Waals surface area contributed by atoms with Gasteiger partial charge in [-0.1, -0.05) is 12.8 Å². The number of likely N-dealkylation sites (tertiary alicyclic amines) is 1. The van der Waals surface area contributed by atoms with Gasteiger partial charge >= 0.3 is 12.2 Å². The molecule has 1 aromatic rings. The number of imidazole rings is 1. The van der Waals surface area contributed by atoms with Gasteiger partial charge in [0.2, 0.25) is 5.60 Å². The number of carbonyl (C=O) groups excluding carboxylic acids is 1. The molecule has 1 atom stereocenters. The highest BCUT2D eigenvalue weighted by atomic mass is 19.4. The average Bonchev–Trinajstić information content (AvgIpc) is 2.77. The third-order valence-corrected chi connectivity index (χ3v) is 4.32. The molecule has 9 heteroatoms. The lowest BCUT2D eigenvalue weighted by molar-refractivity contribution is -0.272. The molecule has 1 aromatic heterocycles. The summed E-state index contributed by atoms with van der Waals surface area (Å²) in [5, 5.41) is 12.7. The Balaban J connectivity index is 1.99. The first kappa shape index (κ1) is 18.6. The van der Waals surface area contributed by atoms with E-state index in [1.807, 2.05) is 0 Å². The SMILES string of the molecule is Cn1ccnc1C(O)(CCNC(=O)N1CCCCCC1)C(F)(F)F. The Morgan fingerprint density at radius 1 is 1.29 bits per heavy atom. The third-order valence-electron chi connectivity index (χ3n) is 4.32. The smallest absolute Gasteiger partial charge is 0.374 e. The quantitative estimate of drug-likeness (QED) is 0.876. The molecule has 2 rings (SSSR count). The van der Waals surface area contributed by atoms with Crippen LogP contribution in [0, 0.1) is 0 Å². The van der Waals surface area contributed by atoms with Crippen molar-refractivity contribution >= 4 is 6.03 Å². The number of nitrogens with one attached hydrogen (secondary N) is 1.